The molecule has 0 saturated heterocycles. The fourth-order valence-corrected chi connectivity index (χ4v) is 4.20. The molecule has 2 aromatic rings. The van der Waals surface area contributed by atoms with Crippen LogP contribution in [0.2, 0.25) is 0 Å². The van der Waals surface area contributed by atoms with Gasteiger partial charge in [-0.3, -0.25) is 0 Å². The lowest BCUT2D eigenvalue weighted by Crippen LogP contribution is -2.15. The maximum absolute atomic E-state index is 12.6. The average molecular weight is 386 g/mol. The van der Waals surface area contributed by atoms with E-state index in [1.807, 2.05) is 0 Å². The number of ether oxygens (including phenoxy) is 2. The molecule has 7 nitrogen and oxygen atoms in total. The first kappa shape index (κ1) is 18.7. The number of esters is 1. The van der Waals surface area contributed by atoms with E-state index in [4.69, 9.17) is 9.47 Å². The van der Waals surface area contributed by atoms with Crippen LogP contribution in [0, 0.1) is 0 Å². The highest BCUT2D eigenvalue weighted by Crippen LogP contribution is 2.34. The highest BCUT2D eigenvalue weighted by molar-refractivity contribution is 8.00. The van der Waals surface area contributed by atoms with Crippen LogP contribution in [-0.4, -0.2) is 34.4 Å². The topological polar surface area (TPSA) is 94.1 Å². The maximum atomic E-state index is 12.6. The summed E-state index contributed by atoms with van der Waals surface area (Å²) in [4.78, 5) is 12.0. The summed E-state index contributed by atoms with van der Waals surface area (Å²) in [7, 11) is -1.05. The summed E-state index contributed by atoms with van der Waals surface area (Å²) in [5.41, 5.74) is 1.66. The number of sulfonamides is 1. The Hall–Kier alpha value is -3.13. The number of benzene rings is 2. The van der Waals surface area contributed by atoms with Gasteiger partial charge in [-0.1, -0.05) is 12.1 Å². The van der Waals surface area contributed by atoms with Gasteiger partial charge in [-0.15, -0.1) is 4.40 Å². The van der Waals surface area contributed by atoms with Crippen molar-refractivity contribution in [3.8, 4) is 5.75 Å². The number of hydrogen-bond acceptors (Lipinski definition) is 6. The molecule has 1 aliphatic heterocycles. The molecule has 0 bridgehead atoms. The lowest BCUT2D eigenvalue weighted by atomic mass is 10.1. The molecule has 0 unspecified atom stereocenters. The van der Waals surface area contributed by atoms with Crippen LogP contribution in [0.4, 0.5) is 5.69 Å². The molecule has 0 aromatic heterocycles. The predicted octanol–water partition coefficient (Wildman–Crippen LogP) is 3.07. The third kappa shape index (κ3) is 3.56. The van der Waals surface area contributed by atoms with Crippen molar-refractivity contribution >= 4 is 32.4 Å². The van der Waals surface area contributed by atoms with E-state index in [1.54, 1.807) is 55.5 Å². The largest absolute Gasteiger partial charge is 0.497 e. The number of nitrogens with zero attached hydrogens (tertiary/aromatic N) is 1. The quantitative estimate of drug-likeness (QED) is 0.812. The molecule has 0 amide bonds. The van der Waals surface area contributed by atoms with Crippen LogP contribution in [-0.2, 0) is 14.8 Å². The van der Waals surface area contributed by atoms with Gasteiger partial charge >= 0.3 is 5.97 Å². The van der Waals surface area contributed by atoms with Crippen LogP contribution >= 0.6 is 0 Å². The zero-order valence-corrected chi connectivity index (χ0v) is 15.8. The first-order chi connectivity index (χ1) is 12.9. The van der Waals surface area contributed by atoms with Gasteiger partial charge in [-0.05, 0) is 48.9 Å². The molecule has 140 valence electrons. The summed E-state index contributed by atoms with van der Waals surface area (Å²) in [5, 5.41) is 2.94. The summed E-state index contributed by atoms with van der Waals surface area (Å²) in [6.45, 7) is 1.66. The highest BCUT2D eigenvalue weighted by Gasteiger charge is 2.31. The molecule has 3 rings (SSSR count). The van der Waals surface area contributed by atoms with Gasteiger partial charge in [0.15, 0.2) is 0 Å². The van der Waals surface area contributed by atoms with E-state index >= 15 is 0 Å². The minimum atomic E-state index is -3.87. The van der Waals surface area contributed by atoms with E-state index in [0.717, 1.165) is 0 Å². The van der Waals surface area contributed by atoms with Crippen molar-refractivity contribution in [3.05, 3.63) is 65.2 Å². The van der Waals surface area contributed by atoms with Crippen molar-refractivity contribution in [2.24, 2.45) is 4.40 Å². The molecular formula is C19H18N2O5S. The second-order valence-electron chi connectivity index (χ2n) is 5.76. The van der Waals surface area contributed by atoms with Crippen molar-refractivity contribution in [1.29, 1.82) is 0 Å². The molecule has 0 spiro atoms. The number of para-hydroxylation sites is 1. The molecule has 1 aliphatic rings. The average Bonchev–Trinajstić information content (AvgIpc) is 2.89. The van der Waals surface area contributed by atoms with Gasteiger partial charge in [0.1, 0.15) is 16.5 Å². The third-order valence-electron chi connectivity index (χ3n) is 4.10. The molecule has 2 aromatic carbocycles. The molecule has 0 aliphatic carbocycles. The lowest BCUT2D eigenvalue weighted by molar-refractivity contribution is 0.0602. The number of anilines is 1. The van der Waals surface area contributed by atoms with E-state index in [1.165, 1.54) is 14.2 Å². The Morgan fingerprint density at radius 2 is 1.70 bits per heavy atom. The monoisotopic (exact) mass is 386 g/mol. The van der Waals surface area contributed by atoms with Gasteiger partial charge in [0, 0.05) is 5.57 Å². The van der Waals surface area contributed by atoms with Crippen LogP contribution in [0.25, 0.3) is 4.91 Å². The Bertz CT molecular complexity index is 1050. The van der Waals surface area contributed by atoms with Gasteiger partial charge in [0.25, 0.3) is 10.0 Å². The normalized spacial score (nSPS) is 15.3. The molecule has 0 radical (unpaired) electrons. The standard InChI is InChI=1S/C19H18N2O5S/c1-12-17(13-8-10-14(25-2)11-9-13)27(23,24)21-18(12)20-16-7-5-4-6-15(16)19(22)26-3/h4-11H,1-3H3,(H,20,21). The van der Waals surface area contributed by atoms with E-state index in [2.05, 4.69) is 9.71 Å². The van der Waals surface area contributed by atoms with Gasteiger partial charge in [0.2, 0.25) is 0 Å². The Morgan fingerprint density at radius 1 is 1.04 bits per heavy atom. The fraction of sp³-hybridized carbons (Fsp3) is 0.158. The van der Waals surface area contributed by atoms with E-state index in [0.29, 0.717) is 22.6 Å². The Kier molecular flexibility index (Phi) is 5.00. The number of carbonyl (C=O) groups is 1. The van der Waals surface area contributed by atoms with Crippen LogP contribution in [0.15, 0.2) is 58.5 Å². The molecule has 1 N–H and O–H groups in total. The Morgan fingerprint density at radius 3 is 2.33 bits per heavy atom. The van der Waals surface area contributed by atoms with E-state index in [-0.39, 0.29) is 16.3 Å². The minimum Gasteiger partial charge on any atom is -0.497 e. The second kappa shape index (κ2) is 7.24. The van der Waals surface area contributed by atoms with Crippen molar-refractivity contribution in [3.63, 3.8) is 0 Å². The summed E-state index contributed by atoms with van der Waals surface area (Å²) < 4.78 is 38.9. The number of methoxy groups -OCH3 is 2. The van der Waals surface area contributed by atoms with Crippen molar-refractivity contribution in [2.75, 3.05) is 19.5 Å². The number of hydrogen-bond donors (Lipinski definition) is 1. The van der Waals surface area contributed by atoms with Crippen LogP contribution in [0.5, 0.6) is 5.75 Å². The first-order valence-electron chi connectivity index (χ1n) is 8.02. The summed E-state index contributed by atoms with van der Waals surface area (Å²) in [6, 6.07) is 13.3. The van der Waals surface area contributed by atoms with Crippen molar-refractivity contribution < 1.29 is 22.7 Å². The zero-order valence-electron chi connectivity index (χ0n) is 15.0. The number of amidine groups is 1. The lowest BCUT2D eigenvalue weighted by Gasteiger charge is -2.11. The van der Waals surface area contributed by atoms with Crippen molar-refractivity contribution in [1.82, 2.24) is 0 Å². The minimum absolute atomic E-state index is 0.114. The predicted molar refractivity (Wildman–Crippen MR) is 103 cm³/mol. The second-order valence-corrected chi connectivity index (χ2v) is 7.30. The van der Waals surface area contributed by atoms with Crippen molar-refractivity contribution in [2.45, 2.75) is 6.92 Å². The highest BCUT2D eigenvalue weighted by atomic mass is 32.2. The smallest absolute Gasteiger partial charge is 0.339 e. The first-order valence-corrected chi connectivity index (χ1v) is 9.46. The zero-order chi connectivity index (χ0) is 19.6. The van der Waals surface area contributed by atoms with E-state index in [9.17, 15) is 13.2 Å². The van der Waals surface area contributed by atoms with E-state index < -0.39 is 16.0 Å². The SMILES string of the molecule is COC(=O)c1ccccc1NC1=NS(=O)(=O)C(c2ccc(OC)cc2)=C1C. The summed E-state index contributed by atoms with van der Waals surface area (Å²) in [5.74, 6) is 0.257. The van der Waals surface area contributed by atoms with Gasteiger partial charge in [0.05, 0.1) is 25.5 Å². The summed E-state index contributed by atoms with van der Waals surface area (Å²) in [6.07, 6.45) is 0. The molecule has 27 heavy (non-hydrogen) atoms. The number of carbonyl (C=O) groups excluding carboxylic acids is 1. The molecule has 1 heterocycles. The third-order valence-corrected chi connectivity index (χ3v) is 5.58. The van der Waals surface area contributed by atoms with Gasteiger partial charge < -0.3 is 14.8 Å². The van der Waals surface area contributed by atoms with Crippen LogP contribution in [0.1, 0.15) is 22.8 Å². The van der Waals surface area contributed by atoms with Crippen LogP contribution in [0.3, 0.4) is 0 Å². The molecule has 0 fully saturated rings. The van der Waals surface area contributed by atoms with Crippen LogP contribution < -0.4 is 10.1 Å². The number of rotatable bonds is 4. The molecule has 8 heteroatoms. The Labute approximate surface area is 157 Å². The van der Waals surface area contributed by atoms with Gasteiger partial charge in [-0.2, -0.15) is 8.42 Å². The molecular weight excluding hydrogens is 368 g/mol. The molecule has 0 saturated carbocycles. The number of nitrogens with one attached hydrogen (secondary N) is 1. The fourth-order valence-electron chi connectivity index (χ4n) is 2.77. The van der Waals surface area contributed by atoms with Gasteiger partial charge in [-0.25, -0.2) is 4.79 Å². The Balaban J connectivity index is 2.01. The maximum Gasteiger partial charge on any atom is 0.339 e. The molecule has 0 atom stereocenters. The summed E-state index contributed by atoms with van der Waals surface area (Å²) >= 11 is 0.